The van der Waals surface area contributed by atoms with Crippen molar-refractivity contribution in [3.05, 3.63) is 93.3 Å². The molecule has 0 saturated heterocycles. The van der Waals surface area contributed by atoms with Gasteiger partial charge in [-0.1, -0.05) is 11.6 Å². The Balaban J connectivity index is 1.34. The lowest BCUT2D eigenvalue weighted by molar-refractivity contribution is -0.122. The molecule has 3 N–H and O–H groups in total. The van der Waals surface area contributed by atoms with Crippen molar-refractivity contribution in [1.82, 2.24) is 15.3 Å². The highest BCUT2D eigenvalue weighted by molar-refractivity contribution is 6.31. The Hall–Kier alpha value is -3.91. The largest absolute Gasteiger partial charge is 0.369 e. The summed E-state index contributed by atoms with van der Waals surface area (Å²) in [5.74, 6) is -1.44. The number of nitrogens with zero attached hydrogens (tertiary/aromatic N) is 2. The first kappa shape index (κ1) is 30.1. The Labute approximate surface area is 260 Å². The molecule has 1 unspecified atom stereocenters. The molecule has 4 aromatic rings. The van der Waals surface area contributed by atoms with Crippen LogP contribution in [0.3, 0.4) is 0 Å². The van der Waals surface area contributed by atoms with Crippen LogP contribution in [-0.4, -0.2) is 28.3 Å². The third-order valence-electron chi connectivity index (χ3n) is 9.03. The van der Waals surface area contributed by atoms with E-state index in [4.69, 9.17) is 27.3 Å². The van der Waals surface area contributed by atoms with Gasteiger partial charge in [-0.25, -0.2) is 13.8 Å². The van der Waals surface area contributed by atoms with E-state index in [1.165, 1.54) is 37.1 Å². The monoisotopic (exact) mass is 616 g/mol. The van der Waals surface area contributed by atoms with Gasteiger partial charge in [0.1, 0.15) is 11.5 Å². The molecule has 2 aliphatic carbocycles. The van der Waals surface area contributed by atoms with Crippen LogP contribution in [0.25, 0.3) is 22.2 Å². The average molecular weight is 617 g/mol. The van der Waals surface area contributed by atoms with Crippen LogP contribution < -0.4 is 11.1 Å². The number of rotatable bonds is 10. The van der Waals surface area contributed by atoms with Gasteiger partial charge in [0.2, 0.25) is 5.91 Å². The van der Waals surface area contributed by atoms with E-state index in [0.29, 0.717) is 27.8 Å². The number of hydrogen-bond donors (Lipinski definition) is 2. The third kappa shape index (κ3) is 6.05. The number of carbonyl (C=O) groups is 2. The number of primary amides is 1. The number of amides is 2. The van der Waals surface area contributed by atoms with Gasteiger partial charge in [-0.05, 0) is 119 Å². The van der Waals surface area contributed by atoms with E-state index in [0.717, 1.165) is 41.4 Å². The van der Waals surface area contributed by atoms with Gasteiger partial charge in [0, 0.05) is 40.2 Å². The van der Waals surface area contributed by atoms with E-state index >= 15 is 4.39 Å². The lowest BCUT2D eigenvalue weighted by Crippen LogP contribution is -2.37. The van der Waals surface area contributed by atoms with Gasteiger partial charge in [-0.2, -0.15) is 0 Å². The van der Waals surface area contributed by atoms with Crippen LogP contribution in [0.5, 0.6) is 0 Å². The third-order valence-corrected chi connectivity index (χ3v) is 9.41. The lowest BCUT2D eigenvalue weighted by atomic mass is 9.81. The number of aryl methyl sites for hydroxylation is 1. The molecule has 0 aliphatic heterocycles. The Morgan fingerprint density at radius 2 is 1.75 bits per heavy atom. The molecule has 0 bridgehead atoms. The van der Waals surface area contributed by atoms with E-state index in [1.807, 2.05) is 25.1 Å². The fourth-order valence-electron chi connectivity index (χ4n) is 5.79. The summed E-state index contributed by atoms with van der Waals surface area (Å²) in [5.41, 5.74) is 8.63. The average Bonchev–Trinajstić information content (AvgIpc) is 3.91. The summed E-state index contributed by atoms with van der Waals surface area (Å²) >= 11 is 6.40. The molecular formula is C35H35ClF2N4O2. The molecule has 6 rings (SSSR count). The first-order chi connectivity index (χ1) is 20.9. The number of hydrogen-bond acceptors (Lipinski definition) is 4. The molecule has 0 spiro atoms. The predicted octanol–water partition coefficient (Wildman–Crippen LogP) is 7.18. The Morgan fingerprint density at radius 3 is 2.39 bits per heavy atom. The summed E-state index contributed by atoms with van der Waals surface area (Å²) in [6, 6.07) is 12.6. The number of aromatic nitrogens is 2. The molecular weight excluding hydrogens is 582 g/mol. The van der Waals surface area contributed by atoms with E-state index in [-0.39, 0.29) is 35.5 Å². The summed E-state index contributed by atoms with van der Waals surface area (Å²) in [7, 11) is 0. The van der Waals surface area contributed by atoms with Crippen LogP contribution >= 0.6 is 11.6 Å². The summed E-state index contributed by atoms with van der Waals surface area (Å²) < 4.78 is 29.7. The molecule has 2 saturated carbocycles. The molecule has 6 nitrogen and oxygen atoms in total. The van der Waals surface area contributed by atoms with Crippen molar-refractivity contribution in [2.24, 2.45) is 17.6 Å². The molecule has 228 valence electrons. The Bertz CT molecular complexity index is 1780. The fraction of sp³-hybridized carbons (Fsp3) is 0.371. The summed E-state index contributed by atoms with van der Waals surface area (Å²) in [4.78, 5) is 35.5. The van der Waals surface area contributed by atoms with Gasteiger partial charge in [-0.15, -0.1) is 0 Å². The fourth-order valence-corrected chi connectivity index (χ4v) is 5.95. The van der Waals surface area contributed by atoms with Crippen LogP contribution in [0.1, 0.15) is 78.3 Å². The Kier molecular flexibility index (Phi) is 7.91. The van der Waals surface area contributed by atoms with E-state index < -0.39 is 23.0 Å². The SMILES string of the molecule is Cc1nc2c(CC3CC3)cc(C(=O)NCC(c3cc(C(C)(C)C(N)=O)c(F)c(-c4ccc(F)cc4)n3)C3CC3)cc2cc1Cl. The van der Waals surface area contributed by atoms with E-state index in [1.54, 1.807) is 19.9 Å². The maximum atomic E-state index is 16.0. The van der Waals surface area contributed by atoms with Gasteiger partial charge in [0.15, 0.2) is 5.82 Å². The van der Waals surface area contributed by atoms with Crippen molar-refractivity contribution in [2.75, 3.05) is 6.54 Å². The molecule has 2 heterocycles. The van der Waals surface area contributed by atoms with E-state index in [9.17, 15) is 14.0 Å². The van der Waals surface area contributed by atoms with Crippen LogP contribution in [-0.2, 0) is 16.6 Å². The molecule has 9 heteroatoms. The number of nitrogens with one attached hydrogen (secondary N) is 1. The van der Waals surface area contributed by atoms with Gasteiger partial charge in [0.25, 0.3) is 5.91 Å². The zero-order valence-electron chi connectivity index (χ0n) is 25.0. The Morgan fingerprint density at radius 1 is 1.05 bits per heavy atom. The van der Waals surface area contributed by atoms with Crippen molar-refractivity contribution >= 4 is 34.3 Å². The maximum absolute atomic E-state index is 16.0. The summed E-state index contributed by atoms with van der Waals surface area (Å²) in [5, 5.41) is 4.48. The molecule has 2 aliphatic rings. The predicted molar refractivity (Wildman–Crippen MR) is 168 cm³/mol. The normalized spacial score (nSPS) is 15.8. The zero-order valence-corrected chi connectivity index (χ0v) is 25.8. The van der Waals surface area contributed by atoms with Crippen molar-refractivity contribution in [3.8, 4) is 11.3 Å². The van der Waals surface area contributed by atoms with Crippen molar-refractivity contribution in [2.45, 2.75) is 64.2 Å². The second kappa shape index (κ2) is 11.5. The highest BCUT2D eigenvalue weighted by Crippen LogP contribution is 2.44. The van der Waals surface area contributed by atoms with Crippen LogP contribution in [0.4, 0.5) is 8.78 Å². The molecule has 2 aromatic carbocycles. The lowest BCUT2D eigenvalue weighted by Gasteiger charge is -2.26. The van der Waals surface area contributed by atoms with Crippen LogP contribution in [0, 0.1) is 30.4 Å². The van der Waals surface area contributed by atoms with Gasteiger partial charge in [-0.3, -0.25) is 14.6 Å². The minimum atomic E-state index is -1.33. The highest BCUT2D eigenvalue weighted by Gasteiger charge is 2.38. The maximum Gasteiger partial charge on any atom is 0.251 e. The first-order valence-corrected chi connectivity index (χ1v) is 15.4. The summed E-state index contributed by atoms with van der Waals surface area (Å²) in [6.45, 7) is 5.29. The van der Waals surface area contributed by atoms with Crippen molar-refractivity contribution < 1.29 is 18.4 Å². The van der Waals surface area contributed by atoms with Gasteiger partial charge >= 0.3 is 0 Å². The molecule has 2 fully saturated rings. The molecule has 2 aromatic heterocycles. The second-order valence-corrected chi connectivity index (χ2v) is 13.2. The second-order valence-electron chi connectivity index (χ2n) is 12.8. The molecule has 0 radical (unpaired) electrons. The molecule has 1 atom stereocenters. The van der Waals surface area contributed by atoms with Crippen molar-refractivity contribution in [3.63, 3.8) is 0 Å². The number of carbonyl (C=O) groups excluding carboxylic acids is 2. The number of pyridine rings is 2. The van der Waals surface area contributed by atoms with Gasteiger partial charge in [0.05, 0.1) is 21.6 Å². The zero-order chi connectivity index (χ0) is 31.3. The molecule has 44 heavy (non-hydrogen) atoms. The number of fused-ring (bicyclic) bond motifs is 1. The van der Waals surface area contributed by atoms with Gasteiger partial charge < -0.3 is 11.1 Å². The topological polar surface area (TPSA) is 98.0 Å². The smallest absolute Gasteiger partial charge is 0.251 e. The number of benzene rings is 2. The number of halogens is 3. The van der Waals surface area contributed by atoms with E-state index in [2.05, 4.69) is 5.32 Å². The molecule has 2 amide bonds. The quantitative estimate of drug-likeness (QED) is 0.197. The summed E-state index contributed by atoms with van der Waals surface area (Å²) in [6.07, 6.45) is 5.08. The van der Waals surface area contributed by atoms with Crippen LogP contribution in [0.2, 0.25) is 5.02 Å². The minimum absolute atomic E-state index is 0.0164. The highest BCUT2D eigenvalue weighted by atomic mass is 35.5. The first-order valence-electron chi connectivity index (χ1n) is 15.1. The van der Waals surface area contributed by atoms with Crippen LogP contribution in [0.15, 0.2) is 48.5 Å². The number of nitrogens with two attached hydrogens (primary N) is 1. The minimum Gasteiger partial charge on any atom is -0.369 e. The van der Waals surface area contributed by atoms with Crippen molar-refractivity contribution in [1.29, 1.82) is 0 Å². The standard InChI is InChI=1S/C35H35ClF2N4O2/c1-18-28(36)15-23-14-24(13-22(31(23)41-18)12-19-4-5-19)33(43)40-17-26(20-6-7-20)29-16-27(35(2,3)34(39)44)30(38)32(42-29)21-8-10-25(37)11-9-21/h8-11,13-16,19-20,26H,4-7,12,17H2,1-3H3,(H2,39,44)(H,40,43).